The maximum Gasteiger partial charge on any atom is 1.00 e. The van der Waals surface area contributed by atoms with Gasteiger partial charge in [0.2, 0.25) is 0 Å². The van der Waals surface area contributed by atoms with Crippen LogP contribution >= 0.6 is 0 Å². The van der Waals surface area contributed by atoms with Crippen molar-refractivity contribution in [2.45, 2.75) is 338 Å². The molecule has 0 aliphatic heterocycles. The van der Waals surface area contributed by atoms with Gasteiger partial charge in [0, 0.05) is 0 Å². The first-order chi connectivity index (χ1) is 34.5. The van der Waals surface area contributed by atoms with Gasteiger partial charge < -0.3 is 35.4 Å². The fourth-order valence-corrected chi connectivity index (χ4v) is 20.7. The van der Waals surface area contributed by atoms with Gasteiger partial charge in [-0.1, -0.05) is 111 Å². The molecule has 80 heavy (non-hydrogen) atoms. The normalized spacial score (nSPS) is 31.2. The van der Waals surface area contributed by atoms with Gasteiger partial charge >= 0.3 is 75.4 Å². The van der Waals surface area contributed by atoms with Crippen LogP contribution in [0.1, 0.15) is 136 Å². The van der Waals surface area contributed by atoms with Crippen molar-refractivity contribution in [3.05, 3.63) is 0 Å². The van der Waals surface area contributed by atoms with E-state index in [-0.39, 0.29) is 75.4 Å². The van der Waals surface area contributed by atoms with Gasteiger partial charge in [-0.2, -0.15) is 0 Å². The molecule has 0 spiro atoms. The van der Waals surface area contributed by atoms with E-state index < -0.39 is 66.5 Å². The van der Waals surface area contributed by atoms with Gasteiger partial charge in [-0.3, -0.25) is 0 Å². The third kappa shape index (κ3) is 30.7. The molecule has 0 aromatic rings. The summed E-state index contributed by atoms with van der Waals surface area (Å²) < 4.78 is 52.4. The molecule has 14 unspecified atom stereocenters. The van der Waals surface area contributed by atoms with E-state index in [0.29, 0.717) is 84.3 Å². The van der Waals surface area contributed by atoms with Gasteiger partial charge in [0.15, 0.2) is 66.5 Å². The molecule has 4 fully saturated rings. The largest absolute Gasteiger partial charge is 1.00 e. The first-order valence-electron chi connectivity index (χ1n) is 31.9. The molecule has 0 N–H and O–H groups in total. The van der Waals surface area contributed by atoms with Gasteiger partial charge in [-0.25, -0.2) is 0 Å². The van der Waals surface area contributed by atoms with Crippen LogP contribution in [0.25, 0.3) is 0 Å². The second kappa shape index (κ2) is 38.6. The topological polar surface area (TPSA) is 73.8 Å². The Balaban J connectivity index is -0.000000474. The summed E-state index contributed by atoms with van der Waals surface area (Å²) >= 11 is 0. The van der Waals surface area contributed by atoms with Gasteiger partial charge in [0.25, 0.3) is 0 Å². The van der Waals surface area contributed by atoms with Crippen molar-refractivity contribution in [2.75, 3.05) is 0 Å². The molecule has 4 aliphatic carbocycles. The number of hydrogen-bond acceptors (Lipinski definition) is 8. The standard InChI is InChI=1S/C16H36O2Si2.2C15H34O2Si2.C14H32O2Si2.4Li/c1-10-19(6,7)17-15-13(4)12(3)14(5)16(15)18-20(8,9)11-2;1-9-18(5,6)16-14-11-12(3)13(4)15(14)17-19(7,8)10-2;1-9-18(5,6)16-14-12(3)11-13(4)15(14)17-19(7,8)10-2;1-8-17(4,5)15-13-10-12(3)11-14(13)16-18(6,7)9-2;;;;/h12-16H,10-11H2,1-9H3;2*12-15H,9-11H2,1-8H3;12-14H,8-11H2,1-7H3;;;;/q;;;;4*+1. The van der Waals surface area contributed by atoms with E-state index in [2.05, 4.69) is 216 Å². The number of hydrogen-bond donors (Lipinski definition) is 0. The van der Waals surface area contributed by atoms with E-state index in [9.17, 15) is 0 Å². The predicted octanol–water partition coefficient (Wildman–Crippen LogP) is 7.55. The molecular weight excluding hydrogens is 1100 g/mol. The zero-order valence-corrected chi connectivity index (χ0v) is 69.0. The quantitative estimate of drug-likeness (QED) is 0.0920. The van der Waals surface area contributed by atoms with E-state index in [1.807, 2.05) is 0 Å². The maximum absolute atomic E-state index is 6.64. The van der Waals surface area contributed by atoms with Crippen LogP contribution in [0.2, 0.25) is 153 Å². The molecule has 4 saturated carbocycles. The summed E-state index contributed by atoms with van der Waals surface area (Å²) in [7, 11) is -12.0. The van der Waals surface area contributed by atoms with Crippen molar-refractivity contribution in [3.63, 3.8) is 0 Å². The van der Waals surface area contributed by atoms with Crippen LogP contribution in [-0.2, 0) is 35.4 Å². The zero-order chi connectivity index (χ0) is 59.4. The molecule has 0 saturated heterocycles. The zero-order valence-electron chi connectivity index (χ0n) is 61.0. The van der Waals surface area contributed by atoms with E-state index in [4.69, 9.17) is 35.4 Å². The second-order valence-corrected chi connectivity index (χ2v) is 65.9. The summed E-state index contributed by atoms with van der Waals surface area (Å²) in [4.78, 5) is 0. The summed E-state index contributed by atoms with van der Waals surface area (Å²) in [5, 5.41) is 0. The van der Waals surface area contributed by atoms with Crippen molar-refractivity contribution in [3.8, 4) is 0 Å². The van der Waals surface area contributed by atoms with Gasteiger partial charge in [-0.05, 0) is 226 Å². The smallest absolute Gasteiger partial charge is 0.412 e. The Morgan fingerprint density at radius 3 is 0.725 bits per heavy atom. The minimum atomic E-state index is -1.54. The van der Waals surface area contributed by atoms with Crippen LogP contribution in [-0.4, -0.2) is 115 Å². The second-order valence-electron chi connectivity index (χ2n) is 30.2. The molecule has 456 valence electrons. The van der Waals surface area contributed by atoms with Gasteiger partial charge in [0.05, 0.1) is 48.8 Å². The Bertz CT molecular complexity index is 1550. The fraction of sp³-hybridized carbons (Fsp3) is 1.00. The fourth-order valence-electron chi connectivity index (χ4n) is 10.7. The van der Waals surface area contributed by atoms with Crippen molar-refractivity contribution in [1.29, 1.82) is 0 Å². The third-order valence-corrected chi connectivity index (χ3v) is 40.8. The SMILES string of the molecule is CC[Si](C)(C)OC1C(C)C(C)C(C)C1O[Si](C)(C)CC.CC[Si](C)(C)OC1C(C)CC(C)C1O[Si](C)(C)CC.CC[Si](C)(C)OC1CC(C)C(C)C1O[Si](C)(C)CC.CC[Si](C)(C)OC1CC(C)CC1O[Si](C)(C)CC.[Li+].[Li+].[Li+].[Li+]. The summed E-state index contributed by atoms with van der Waals surface area (Å²) in [5.74, 6) is 5.28. The Morgan fingerprint density at radius 2 is 0.463 bits per heavy atom. The number of rotatable bonds is 24. The van der Waals surface area contributed by atoms with Gasteiger partial charge in [-0.15, -0.1) is 0 Å². The molecule has 20 heteroatoms. The Hall–Kier alpha value is 3.80. The molecule has 4 aliphatic rings. The monoisotopic (exact) mass is 1240 g/mol. The molecule has 4 rings (SSSR count). The summed E-state index contributed by atoms with van der Waals surface area (Å²) in [6.45, 7) is 74.2. The Labute approximate surface area is 557 Å². The van der Waals surface area contributed by atoms with E-state index in [1.54, 1.807) is 0 Å². The average molecular weight is 1240 g/mol. The first kappa shape index (κ1) is 90.2. The minimum absolute atomic E-state index is 0. The van der Waals surface area contributed by atoms with Gasteiger partial charge in [0.1, 0.15) is 0 Å². The molecule has 0 aromatic carbocycles. The molecule has 0 heterocycles. The summed E-state index contributed by atoms with van der Waals surface area (Å²) in [5.41, 5.74) is 0. The molecule has 0 bridgehead atoms. The molecule has 14 atom stereocenters. The Morgan fingerprint density at radius 1 is 0.237 bits per heavy atom. The predicted molar refractivity (Wildman–Crippen MR) is 354 cm³/mol. The molecule has 0 aromatic heterocycles. The van der Waals surface area contributed by atoms with Crippen LogP contribution in [0.5, 0.6) is 0 Å². The maximum atomic E-state index is 6.64. The van der Waals surface area contributed by atoms with Crippen molar-refractivity contribution < 1.29 is 111 Å². The van der Waals surface area contributed by atoms with Crippen molar-refractivity contribution >= 4 is 66.5 Å². The van der Waals surface area contributed by atoms with Crippen molar-refractivity contribution in [1.82, 2.24) is 0 Å². The van der Waals surface area contributed by atoms with Crippen LogP contribution in [0.15, 0.2) is 0 Å². The van der Waals surface area contributed by atoms with E-state index in [1.165, 1.54) is 74.0 Å². The first-order valence-corrected chi connectivity index (χ1v) is 56.8. The average Bonchev–Trinajstić information content (AvgIpc) is 3.94. The molecule has 8 nitrogen and oxygen atoms in total. The van der Waals surface area contributed by atoms with Crippen molar-refractivity contribution in [2.24, 2.45) is 47.3 Å². The summed E-state index contributed by atoms with van der Waals surface area (Å²) in [6, 6.07) is 9.50. The summed E-state index contributed by atoms with van der Waals surface area (Å²) in [6.07, 6.45) is 7.46. The van der Waals surface area contributed by atoms with Crippen LogP contribution < -0.4 is 75.4 Å². The molecular formula is C60H136Li4O8Si8+4. The Kier molecular flexibility index (Phi) is 43.5. The minimum Gasteiger partial charge on any atom is -0.412 e. The van der Waals surface area contributed by atoms with Crippen LogP contribution in [0.3, 0.4) is 0 Å². The molecule has 0 amide bonds. The van der Waals surface area contributed by atoms with Crippen LogP contribution in [0.4, 0.5) is 0 Å². The third-order valence-electron chi connectivity index (χ3n) is 19.8. The van der Waals surface area contributed by atoms with E-state index in [0.717, 1.165) is 11.8 Å². The van der Waals surface area contributed by atoms with E-state index >= 15 is 0 Å². The molecule has 0 radical (unpaired) electrons. The van der Waals surface area contributed by atoms with Crippen LogP contribution in [0, 0.1) is 47.3 Å².